The fourth-order valence-corrected chi connectivity index (χ4v) is 2.12. The van der Waals surface area contributed by atoms with Crippen molar-refractivity contribution in [1.82, 2.24) is 20.3 Å². The molecule has 21 heavy (non-hydrogen) atoms. The van der Waals surface area contributed by atoms with Gasteiger partial charge in [0.1, 0.15) is 5.60 Å². The lowest BCUT2D eigenvalue weighted by Gasteiger charge is -2.23. The fourth-order valence-electron chi connectivity index (χ4n) is 2.12. The molecule has 2 rings (SSSR count). The average molecular weight is 290 g/mol. The molecule has 0 bridgehead atoms. The molecule has 0 aliphatic rings. The highest BCUT2D eigenvalue weighted by atomic mass is 16.5. The molecule has 0 fully saturated rings. The molecule has 2 N–H and O–H groups in total. The van der Waals surface area contributed by atoms with Crippen LogP contribution in [0.5, 0.6) is 0 Å². The summed E-state index contributed by atoms with van der Waals surface area (Å²) in [4.78, 5) is 0. The van der Waals surface area contributed by atoms with E-state index in [0.29, 0.717) is 25.3 Å². The highest BCUT2D eigenvalue weighted by Gasteiger charge is 2.28. The molecule has 0 spiro atoms. The van der Waals surface area contributed by atoms with Crippen LogP contribution in [0.4, 0.5) is 0 Å². The van der Waals surface area contributed by atoms with Crippen LogP contribution in [0.15, 0.2) is 36.5 Å². The second-order valence-electron chi connectivity index (χ2n) is 5.13. The number of benzene rings is 1. The van der Waals surface area contributed by atoms with Gasteiger partial charge in [-0.2, -0.15) is 0 Å². The van der Waals surface area contributed by atoms with E-state index in [-0.39, 0.29) is 0 Å². The van der Waals surface area contributed by atoms with Gasteiger partial charge in [0.15, 0.2) is 0 Å². The van der Waals surface area contributed by atoms with Gasteiger partial charge in [-0.05, 0) is 32.0 Å². The van der Waals surface area contributed by atoms with E-state index in [4.69, 9.17) is 4.74 Å². The predicted molar refractivity (Wildman–Crippen MR) is 80.3 cm³/mol. The van der Waals surface area contributed by atoms with Crippen LogP contribution in [0.1, 0.15) is 19.0 Å². The summed E-state index contributed by atoms with van der Waals surface area (Å²) in [6.45, 7) is 3.90. The summed E-state index contributed by atoms with van der Waals surface area (Å²) in [5, 5.41) is 21.9. The van der Waals surface area contributed by atoms with Crippen molar-refractivity contribution in [2.24, 2.45) is 0 Å². The molecule has 1 heterocycles. The van der Waals surface area contributed by atoms with Crippen LogP contribution in [0, 0.1) is 0 Å². The molecule has 114 valence electrons. The summed E-state index contributed by atoms with van der Waals surface area (Å²) in [7, 11) is 1.67. The summed E-state index contributed by atoms with van der Waals surface area (Å²) in [6.07, 6.45) is 2.18. The number of nitrogens with one attached hydrogen (secondary N) is 1. The Morgan fingerprint density at radius 2 is 2.05 bits per heavy atom. The van der Waals surface area contributed by atoms with Crippen molar-refractivity contribution < 1.29 is 9.84 Å². The van der Waals surface area contributed by atoms with Gasteiger partial charge in [0.05, 0.1) is 24.2 Å². The van der Waals surface area contributed by atoms with E-state index in [1.165, 1.54) is 0 Å². The third kappa shape index (κ3) is 4.10. The Hall–Kier alpha value is -1.76. The predicted octanol–water partition coefficient (Wildman–Crippen LogP) is 1.10. The Bertz CT molecular complexity index is 540. The maximum atomic E-state index is 10.7. The summed E-state index contributed by atoms with van der Waals surface area (Å²) < 4.78 is 6.65. The molecular formula is C15H22N4O2. The average Bonchev–Trinajstić information content (AvgIpc) is 2.98. The zero-order valence-electron chi connectivity index (χ0n) is 12.5. The smallest absolute Gasteiger partial charge is 0.107 e. The van der Waals surface area contributed by atoms with E-state index < -0.39 is 5.60 Å². The lowest BCUT2D eigenvalue weighted by molar-refractivity contribution is 0.0406. The second-order valence-corrected chi connectivity index (χ2v) is 5.13. The first-order chi connectivity index (χ1) is 10.1. The van der Waals surface area contributed by atoms with E-state index in [0.717, 1.165) is 12.2 Å². The van der Waals surface area contributed by atoms with Crippen LogP contribution < -0.4 is 5.32 Å². The van der Waals surface area contributed by atoms with Crippen molar-refractivity contribution in [3.8, 4) is 5.69 Å². The zero-order chi connectivity index (χ0) is 15.1. The minimum absolute atomic E-state index is 0.566. The second kappa shape index (κ2) is 7.31. The van der Waals surface area contributed by atoms with Gasteiger partial charge in [0, 0.05) is 13.7 Å². The molecule has 1 unspecified atom stereocenters. The Kier molecular flexibility index (Phi) is 5.44. The zero-order valence-corrected chi connectivity index (χ0v) is 12.5. The molecule has 1 aromatic heterocycles. The van der Waals surface area contributed by atoms with Crippen LogP contribution in [0.3, 0.4) is 0 Å². The highest BCUT2D eigenvalue weighted by molar-refractivity contribution is 5.32. The number of nitrogens with zero attached hydrogens (tertiary/aromatic N) is 3. The number of methoxy groups -OCH3 is 1. The van der Waals surface area contributed by atoms with Crippen LogP contribution >= 0.6 is 0 Å². The number of hydrogen-bond acceptors (Lipinski definition) is 5. The minimum atomic E-state index is -1.00. The number of hydrogen-bond donors (Lipinski definition) is 2. The molecule has 0 amide bonds. The molecule has 0 aliphatic heterocycles. The van der Waals surface area contributed by atoms with E-state index in [9.17, 15) is 5.11 Å². The Labute approximate surface area is 124 Å². The molecule has 0 aliphatic carbocycles. The Morgan fingerprint density at radius 1 is 1.29 bits per heavy atom. The minimum Gasteiger partial charge on any atom is -0.384 e. The van der Waals surface area contributed by atoms with Crippen molar-refractivity contribution >= 4 is 0 Å². The third-order valence-corrected chi connectivity index (χ3v) is 3.37. The lowest BCUT2D eigenvalue weighted by atomic mass is 9.98. The van der Waals surface area contributed by atoms with Crippen LogP contribution in [-0.4, -0.2) is 46.9 Å². The molecular weight excluding hydrogens is 268 g/mol. The van der Waals surface area contributed by atoms with Gasteiger partial charge in [-0.25, -0.2) is 4.68 Å². The molecule has 1 aromatic carbocycles. The monoisotopic (exact) mass is 290 g/mol. The van der Waals surface area contributed by atoms with Crippen molar-refractivity contribution in [3.63, 3.8) is 0 Å². The molecule has 6 heteroatoms. The highest BCUT2D eigenvalue weighted by Crippen LogP contribution is 2.25. The summed E-state index contributed by atoms with van der Waals surface area (Å²) in [6, 6.07) is 9.68. The van der Waals surface area contributed by atoms with E-state index in [1.807, 2.05) is 30.3 Å². The van der Waals surface area contributed by atoms with Gasteiger partial charge >= 0.3 is 0 Å². The maximum absolute atomic E-state index is 10.7. The summed E-state index contributed by atoms with van der Waals surface area (Å²) in [5.74, 6) is 0. The van der Waals surface area contributed by atoms with Gasteiger partial charge in [-0.3, -0.25) is 0 Å². The molecule has 2 aromatic rings. The van der Waals surface area contributed by atoms with Crippen LogP contribution in [0.25, 0.3) is 5.69 Å². The summed E-state index contributed by atoms with van der Waals surface area (Å²) in [5.41, 5.74) is 0.569. The van der Waals surface area contributed by atoms with Gasteiger partial charge in [-0.1, -0.05) is 23.4 Å². The van der Waals surface area contributed by atoms with E-state index in [2.05, 4.69) is 15.6 Å². The first-order valence-corrected chi connectivity index (χ1v) is 7.04. The van der Waals surface area contributed by atoms with Gasteiger partial charge in [0.2, 0.25) is 0 Å². The topological polar surface area (TPSA) is 72.2 Å². The molecule has 0 saturated carbocycles. The van der Waals surface area contributed by atoms with Gasteiger partial charge in [0.25, 0.3) is 0 Å². The first kappa shape index (κ1) is 15.6. The largest absolute Gasteiger partial charge is 0.384 e. The number of para-hydroxylation sites is 1. The summed E-state index contributed by atoms with van der Waals surface area (Å²) >= 11 is 0. The van der Waals surface area contributed by atoms with Crippen LogP contribution in [-0.2, 0) is 10.3 Å². The number of aromatic nitrogens is 3. The lowest BCUT2D eigenvalue weighted by Crippen LogP contribution is -2.31. The normalized spacial score (nSPS) is 14.0. The van der Waals surface area contributed by atoms with Crippen molar-refractivity contribution in [3.05, 3.63) is 42.2 Å². The number of ether oxygens (including phenoxy) is 1. The number of rotatable bonds is 8. The molecule has 0 saturated heterocycles. The van der Waals surface area contributed by atoms with Crippen molar-refractivity contribution in [2.75, 3.05) is 26.8 Å². The van der Waals surface area contributed by atoms with Gasteiger partial charge < -0.3 is 15.2 Å². The standard InChI is InChI=1S/C15H22N4O2/c1-15(20,8-9-16-10-11-21-2)14-12-17-18-19(14)13-6-4-3-5-7-13/h3-7,12,16,20H,8-11H2,1-2H3. The fraction of sp³-hybridized carbons (Fsp3) is 0.467. The molecule has 1 atom stereocenters. The maximum Gasteiger partial charge on any atom is 0.107 e. The van der Waals surface area contributed by atoms with Gasteiger partial charge in [-0.15, -0.1) is 5.10 Å². The molecule has 6 nitrogen and oxygen atoms in total. The molecule has 0 radical (unpaired) electrons. The van der Waals surface area contributed by atoms with Crippen molar-refractivity contribution in [2.45, 2.75) is 18.9 Å². The van der Waals surface area contributed by atoms with E-state index in [1.54, 1.807) is 24.9 Å². The Balaban J connectivity index is 2.05. The SMILES string of the molecule is COCCNCCC(C)(O)c1cnnn1-c1ccccc1. The quantitative estimate of drug-likeness (QED) is 0.712. The number of aliphatic hydroxyl groups is 1. The van der Waals surface area contributed by atoms with E-state index >= 15 is 0 Å². The first-order valence-electron chi connectivity index (χ1n) is 7.04. The van der Waals surface area contributed by atoms with Crippen molar-refractivity contribution in [1.29, 1.82) is 0 Å². The van der Waals surface area contributed by atoms with Crippen LogP contribution in [0.2, 0.25) is 0 Å². The Morgan fingerprint density at radius 3 is 2.76 bits per heavy atom. The third-order valence-electron chi connectivity index (χ3n) is 3.37.